The van der Waals surface area contributed by atoms with Gasteiger partial charge in [0.25, 0.3) is 0 Å². The second-order valence-electron chi connectivity index (χ2n) is 12.3. The highest BCUT2D eigenvalue weighted by molar-refractivity contribution is 6.76. The largest absolute Gasteiger partial charge is 0.496 e. The Balaban J connectivity index is 1.91. The molecule has 0 fully saturated rings. The van der Waals surface area contributed by atoms with Crippen molar-refractivity contribution >= 4 is 41.8 Å². The standard InChI is InChI=1S/C31H39N5O4Si/c1-20-16-25(38-6)26(22-12-13-35(28(20)22)30(37)40-31(2,3)4)27(33-5)29-34-23-11-10-21(18-32)17-24(23)36(29)19-39-14-15-41(7,8)9/h10-13,16-17H,14-15,19H2,1-9H3/b33-27+. The molecule has 0 unspecified atom stereocenters. The minimum Gasteiger partial charge on any atom is -0.496 e. The van der Waals surface area contributed by atoms with Gasteiger partial charge < -0.3 is 14.2 Å². The Kier molecular flexibility index (Phi) is 8.43. The van der Waals surface area contributed by atoms with Crippen LogP contribution >= 0.6 is 0 Å². The molecule has 0 aliphatic rings. The lowest BCUT2D eigenvalue weighted by molar-refractivity contribution is 0.0544. The number of carbonyl (C=O) groups is 1. The lowest BCUT2D eigenvalue weighted by atomic mass is 10.00. The number of aromatic nitrogens is 3. The third-order valence-corrected chi connectivity index (χ3v) is 8.40. The van der Waals surface area contributed by atoms with Crippen molar-refractivity contribution in [1.82, 2.24) is 14.1 Å². The molecule has 0 aliphatic heterocycles. The Labute approximate surface area is 242 Å². The molecule has 0 radical (unpaired) electrons. The molecule has 2 aromatic heterocycles. The first-order valence-corrected chi connectivity index (χ1v) is 17.4. The molecule has 216 valence electrons. The van der Waals surface area contributed by atoms with E-state index in [0.29, 0.717) is 40.5 Å². The van der Waals surface area contributed by atoms with Crippen LogP contribution in [0.4, 0.5) is 4.79 Å². The van der Waals surface area contributed by atoms with Gasteiger partial charge in [-0.25, -0.2) is 9.78 Å². The first-order valence-electron chi connectivity index (χ1n) is 13.7. The molecule has 0 amide bonds. The van der Waals surface area contributed by atoms with Crippen LogP contribution in [0.5, 0.6) is 5.75 Å². The minimum absolute atomic E-state index is 0.250. The molecule has 41 heavy (non-hydrogen) atoms. The summed E-state index contributed by atoms with van der Waals surface area (Å²) in [5.41, 5.74) is 4.24. The number of nitriles is 1. The van der Waals surface area contributed by atoms with Crippen molar-refractivity contribution in [3.8, 4) is 11.8 Å². The first kappa shape index (κ1) is 30.0. The van der Waals surface area contributed by atoms with E-state index in [1.54, 1.807) is 26.4 Å². The average molecular weight is 574 g/mol. The van der Waals surface area contributed by atoms with E-state index in [-0.39, 0.29) is 6.73 Å². The van der Waals surface area contributed by atoms with Gasteiger partial charge in [-0.15, -0.1) is 0 Å². The van der Waals surface area contributed by atoms with Crippen LogP contribution in [-0.4, -0.2) is 60.4 Å². The number of hydrogen-bond donors (Lipinski definition) is 0. The molecule has 0 saturated heterocycles. The molecule has 0 N–H and O–H groups in total. The van der Waals surface area contributed by atoms with E-state index in [0.717, 1.165) is 28.0 Å². The summed E-state index contributed by atoms with van der Waals surface area (Å²) in [7, 11) is 2.04. The summed E-state index contributed by atoms with van der Waals surface area (Å²) in [6, 6.07) is 12.4. The SMILES string of the molecule is C/N=C(\c1c(OC)cc(C)c2c1ccn2C(=O)OC(C)(C)C)c1nc2ccc(C#N)cc2n1COCC[Si](C)(C)C. The summed E-state index contributed by atoms with van der Waals surface area (Å²) in [5.74, 6) is 1.19. The molecular formula is C31H39N5O4Si. The highest BCUT2D eigenvalue weighted by Crippen LogP contribution is 2.35. The molecule has 0 atom stereocenters. The van der Waals surface area contributed by atoms with Crippen LogP contribution in [-0.2, 0) is 16.2 Å². The van der Waals surface area contributed by atoms with Crippen molar-refractivity contribution in [2.45, 2.75) is 65.7 Å². The van der Waals surface area contributed by atoms with Gasteiger partial charge in [-0.05, 0) is 69.6 Å². The molecule has 4 rings (SSSR count). The number of nitrogens with zero attached hydrogens (tertiary/aromatic N) is 5. The summed E-state index contributed by atoms with van der Waals surface area (Å²) < 4.78 is 21.2. The summed E-state index contributed by atoms with van der Waals surface area (Å²) in [6.45, 7) is 15.3. The van der Waals surface area contributed by atoms with Crippen LogP contribution in [0.1, 0.15) is 43.3 Å². The van der Waals surface area contributed by atoms with E-state index in [2.05, 4.69) is 25.7 Å². The zero-order valence-electron chi connectivity index (χ0n) is 25.5. The van der Waals surface area contributed by atoms with Crippen LogP contribution < -0.4 is 4.74 Å². The number of fused-ring (bicyclic) bond motifs is 2. The maximum atomic E-state index is 13.1. The summed E-state index contributed by atoms with van der Waals surface area (Å²) >= 11 is 0. The molecule has 0 aliphatic carbocycles. The first-order chi connectivity index (χ1) is 19.3. The Hall–Kier alpha value is -3.94. The van der Waals surface area contributed by atoms with Crippen LogP contribution in [0.2, 0.25) is 25.7 Å². The van der Waals surface area contributed by atoms with Gasteiger partial charge in [0.2, 0.25) is 0 Å². The summed E-state index contributed by atoms with van der Waals surface area (Å²) in [4.78, 5) is 22.8. The monoisotopic (exact) mass is 573 g/mol. The maximum absolute atomic E-state index is 13.1. The summed E-state index contributed by atoms with van der Waals surface area (Å²) in [5, 5.41) is 10.4. The fourth-order valence-electron chi connectivity index (χ4n) is 4.74. The fourth-order valence-corrected chi connectivity index (χ4v) is 5.49. The molecule has 4 aromatic rings. The molecule has 2 heterocycles. The normalized spacial score (nSPS) is 12.6. The van der Waals surface area contributed by atoms with Crippen molar-refractivity contribution < 1.29 is 19.0 Å². The average Bonchev–Trinajstić information content (AvgIpc) is 3.49. The molecular weight excluding hydrogens is 534 g/mol. The van der Waals surface area contributed by atoms with Gasteiger partial charge in [0.15, 0.2) is 5.82 Å². The van der Waals surface area contributed by atoms with Crippen LogP contribution in [0.15, 0.2) is 41.5 Å². The molecule has 2 aromatic carbocycles. The third-order valence-electron chi connectivity index (χ3n) is 6.70. The van der Waals surface area contributed by atoms with E-state index in [4.69, 9.17) is 24.2 Å². The van der Waals surface area contributed by atoms with E-state index in [9.17, 15) is 10.1 Å². The quantitative estimate of drug-likeness (QED) is 0.131. The predicted octanol–water partition coefficient (Wildman–Crippen LogP) is 6.74. The van der Waals surface area contributed by atoms with Crippen LogP contribution in [0.3, 0.4) is 0 Å². The van der Waals surface area contributed by atoms with Gasteiger partial charge in [0.05, 0.1) is 40.9 Å². The lowest BCUT2D eigenvalue weighted by Gasteiger charge is -2.21. The van der Waals surface area contributed by atoms with E-state index < -0.39 is 19.8 Å². The highest BCUT2D eigenvalue weighted by Gasteiger charge is 2.27. The number of rotatable bonds is 8. The zero-order chi connectivity index (χ0) is 30.1. The predicted molar refractivity (Wildman–Crippen MR) is 165 cm³/mol. The Morgan fingerprint density at radius 3 is 2.51 bits per heavy atom. The zero-order valence-corrected chi connectivity index (χ0v) is 26.5. The Morgan fingerprint density at radius 2 is 1.90 bits per heavy atom. The second-order valence-corrected chi connectivity index (χ2v) is 17.9. The van der Waals surface area contributed by atoms with Gasteiger partial charge in [-0.1, -0.05) is 19.6 Å². The highest BCUT2D eigenvalue weighted by atomic mass is 28.3. The number of methoxy groups -OCH3 is 1. The van der Waals surface area contributed by atoms with Crippen molar-refractivity contribution in [3.05, 3.63) is 59.0 Å². The molecule has 9 nitrogen and oxygen atoms in total. The smallest absolute Gasteiger partial charge is 0.419 e. The number of benzene rings is 2. The van der Waals surface area contributed by atoms with Gasteiger partial charge >= 0.3 is 6.09 Å². The van der Waals surface area contributed by atoms with Gasteiger partial charge in [-0.2, -0.15) is 5.26 Å². The number of hydrogen-bond acceptors (Lipinski definition) is 7. The maximum Gasteiger partial charge on any atom is 0.419 e. The minimum atomic E-state index is -1.29. The number of aliphatic imine (C=N–C) groups is 1. The van der Waals surface area contributed by atoms with Crippen molar-refractivity contribution in [3.63, 3.8) is 0 Å². The van der Waals surface area contributed by atoms with Crippen LogP contribution in [0, 0.1) is 18.3 Å². The van der Waals surface area contributed by atoms with Gasteiger partial charge in [0, 0.05) is 33.3 Å². The molecule has 0 saturated carbocycles. The third kappa shape index (κ3) is 6.37. The number of ether oxygens (including phenoxy) is 3. The summed E-state index contributed by atoms with van der Waals surface area (Å²) in [6.07, 6.45) is 1.25. The number of aryl methyl sites for hydroxylation is 1. The second kappa shape index (κ2) is 11.5. The van der Waals surface area contributed by atoms with Crippen molar-refractivity contribution in [2.24, 2.45) is 4.99 Å². The lowest BCUT2D eigenvalue weighted by Crippen LogP contribution is -2.27. The van der Waals surface area contributed by atoms with E-state index in [1.165, 1.54) is 4.57 Å². The molecule has 0 spiro atoms. The number of imidazole rings is 1. The Bertz CT molecular complexity index is 1680. The molecule has 0 bridgehead atoms. The van der Waals surface area contributed by atoms with Crippen molar-refractivity contribution in [1.29, 1.82) is 5.26 Å². The van der Waals surface area contributed by atoms with Gasteiger partial charge in [0.1, 0.15) is 23.8 Å². The topological polar surface area (TPSA) is 104 Å². The van der Waals surface area contributed by atoms with Crippen molar-refractivity contribution in [2.75, 3.05) is 20.8 Å². The van der Waals surface area contributed by atoms with E-state index >= 15 is 0 Å². The van der Waals surface area contributed by atoms with E-state index in [1.807, 2.05) is 56.5 Å². The van der Waals surface area contributed by atoms with Crippen LogP contribution in [0.25, 0.3) is 21.9 Å². The Morgan fingerprint density at radius 1 is 1.17 bits per heavy atom. The van der Waals surface area contributed by atoms with Gasteiger partial charge in [-0.3, -0.25) is 14.1 Å². The fraction of sp³-hybridized carbons (Fsp3) is 0.419. The molecule has 10 heteroatoms. The number of carbonyl (C=O) groups excluding carboxylic acids is 1.